The Hall–Kier alpha value is -1.42. The van der Waals surface area contributed by atoms with Crippen LogP contribution in [-0.4, -0.2) is 15.6 Å². The van der Waals surface area contributed by atoms with Gasteiger partial charge >= 0.3 is 0 Å². The highest BCUT2D eigenvalue weighted by atomic mass is 19.1. The second-order valence-electron chi connectivity index (χ2n) is 5.11. The molecule has 1 aliphatic rings. The van der Waals surface area contributed by atoms with Gasteiger partial charge in [-0.2, -0.15) is 0 Å². The Bertz CT molecular complexity index is 572. The molecule has 0 amide bonds. The molecule has 4 heteroatoms. The predicted molar refractivity (Wildman–Crippen MR) is 69.8 cm³/mol. The van der Waals surface area contributed by atoms with Crippen LogP contribution in [0.25, 0.3) is 11.0 Å². The number of hydrogen-bond acceptors (Lipinski definition) is 2. The Morgan fingerprint density at radius 1 is 1.50 bits per heavy atom. The van der Waals surface area contributed by atoms with Gasteiger partial charge in [0.05, 0.1) is 11.0 Å². The number of aryl methyl sites for hydroxylation is 1. The molecule has 0 bridgehead atoms. The molecule has 2 N–H and O–H groups in total. The van der Waals surface area contributed by atoms with E-state index in [4.69, 9.17) is 5.73 Å². The van der Waals surface area contributed by atoms with E-state index in [0.29, 0.717) is 5.92 Å². The molecular weight excluding hydrogens is 229 g/mol. The zero-order chi connectivity index (χ0) is 12.7. The molecule has 96 valence electrons. The molecule has 1 aromatic carbocycles. The fourth-order valence-electron chi connectivity index (χ4n) is 2.56. The summed E-state index contributed by atoms with van der Waals surface area (Å²) in [7, 11) is 0. The third kappa shape index (κ3) is 2.01. The number of halogens is 1. The molecule has 0 radical (unpaired) electrons. The summed E-state index contributed by atoms with van der Waals surface area (Å²) in [5.74, 6) is 1.43. The number of nitrogens with zero attached hydrogens (tertiary/aromatic N) is 2. The lowest BCUT2D eigenvalue weighted by molar-refractivity contribution is 0.557. The van der Waals surface area contributed by atoms with Crippen molar-refractivity contribution in [3.05, 3.63) is 29.8 Å². The predicted octanol–water partition coefficient (Wildman–Crippen LogP) is 2.48. The zero-order valence-electron chi connectivity index (χ0n) is 10.6. The van der Waals surface area contributed by atoms with E-state index in [9.17, 15) is 4.39 Å². The Kier molecular flexibility index (Phi) is 2.82. The van der Waals surface area contributed by atoms with Crippen molar-refractivity contribution in [2.45, 2.75) is 38.8 Å². The molecule has 1 fully saturated rings. The van der Waals surface area contributed by atoms with Crippen molar-refractivity contribution in [2.75, 3.05) is 0 Å². The number of fused-ring (bicyclic) bond motifs is 1. The van der Waals surface area contributed by atoms with Crippen LogP contribution < -0.4 is 5.73 Å². The maximum absolute atomic E-state index is 13.3. The largest absolute Gasteiger partial charge is 0.328 e. The van der Waals surface area contributed by atoms with E-state index in [1.807, 2.05) is 0 Å². The fourth-order valence-corrected chi connectivity index (χ4v) is 2.56. The molecule has 3 nitrogen and oxygen atoms in total. The number of hydrogen-bond donors (Lipinski definition) is 1. The third-order valence-corrected chi connectivity index (χ3v) is 3.75. The van der Waals surface area contributed by atoms with Crippen LogP contribution in [0.3, 0.4) is 0 Å². The maximum Gasteiger partial charge on any atom is 0.125 e. The van der Waals surface area contributed by atoms with Gasteiger partial charge < -0.3 is 10.3 Å². The monoisotopic (exact) mass is 247 g/mol. The molecule has 1 saturated carbocycles. The molecule has 1 aromatic heterocycles. The van der Waals surface area contributed by atoms with Gasteiger partial charge in [0.25, 0.3) is 0 Å². The van der Waals surface area contributed by atoms with E-state index < -0.39 is 0 Å². The van der Waals surface area contributed by atoms with Crippen LogP contribution in [0, 0.1) is 11.7 Å². The maximum atomic E-state index is 13.3. The summed E-state index contributed by atoms with van der Waals surface area (Å²) >= 11 is 0. The van der Waals surface area contributed by atoms with Gasteiger partial charge in [-0.05, 0) is 43.9 Å². The molecule has 1 unspecified atom stereocenters. The van der Waals surface area contributed by atoms with Crippen molar-refractivity contribution < 1.29 is 4.39 Å². The summed E-state index contributed by atoms with van der Waals surface area (Å²) in [4.78, 5) is 4.59. The summed E-state index contributed by atoms with van der Waals surface area (Å²) in [6.45, 7) is 2.85. The Morgan fingerprint density at radius 2 is 2.28 bits per heavy atom. The van der Waals surface area contributed by atoms with Crippen molar-refractivity contribution in [2.24, 2.45) is 11.7 Å². The minimum atomic E-state index is -0.213. The molecule has 0 saturated heterocycles. The van der Waals surface area contributed by atoms with Crippen LogP contribution in [0.2, 0.25) is 0 Å². The molecule has 18 heavy (non-hydrogen) atoms. The number of nitrogens with two attached hydrogens (primary N) is 1. The minimum absolute atomic E-state index is 0.192. The molecule has 1 heterocycles. The van der Waals surface area contributed by atoms with Gasteiger partial charge in [-0.3, -0.25) is 0 Å². The van der Waals surface area contributed by atoms with E-state index in [0.717, 1.165) is 29.8 Å². The Balaban J connectivity index is 1.99. The van der Waals surface area contributed by atoms with Gasteiger partial charge in [0.1, 0.15) is 11.6 Å². The number of aromatic nitrogens is 2. The van der Waals surface area contributed by atoms with Crippen LogP contribution in [0.5, 0.6) is 0 Å². The highest BCUT2D eigenvalue weighted by Crippen LogP contribution is 2.33. The minimum Gasteiger partial charge on any atom is -0.328 e. The van der Waals surface area contributed by atoms with Gasteiger partial charge in [0.15, 0.2) is 0 Å². The quantitative estimate of drug-likeness (QED) is 0.902. The van der Waals surface area contributed by atoms with Crippen molar-refractivity contribution in [3.8, 4) is 0 Å². The zero-order valence-corrected chi connectivity index (χ0v) is 10.6. The summed E-state index contributed by atoms with van der Waals surface area (Å²) in [5.41, 5.74) is 7.89. The summed E-state index contributed by atoms with van der Waals surface area (Å²) < 4.78 is 15.4. The summed E-state index contributed by atoms with van der Waals surface area (Å²) in [6.07, 6.45) is 3.26. The molecule has 3 rings (SSSR count). The fraction of sp³-hybridized carbons (Fsp3) is 0.500. The lowest BCUT2D eigenvalue weighted by atomic mass is 10.1. The van der Waals surface area contributed by atoms with Gasteiger partial charge in [0.2, 0.25) is 0 Å². The molecule has 0 spiro atoms. The number of benzene rings is 1. The van der Waals surface area contributed by atoms with E-state index >= 15 is 0 Å². The Labute approximate surface area is 106 Å². The van der Waals surface area contributed by atoms with Gasteiger partial charge in [-0.15, -0.1) is 0 Å². The van der Waals surface area contributed by atoms with Crippen LogP contribution in [0.1, 0.15) is 25.6 Å². The van der Waals surface area contributed by atoms with E-state index in [1.165, 1.54) is 18.9 Å². The molecule has 1 atom stereocenters. The molecular formula is C14H18FN3. The second-order valence-corrected chi connectivity index (χ2v) is 5.11. The first-order chi connectivity index (χ1) is 8.69. The van der Waals surface area contributed by atoms with E-state index in [-0.39, 0.29) is 11.9 Å². The smallest absolute Gasteiger partial charge is 0.125 e. The van der Waals surface area contributed by atoms with Crippen molar-refractivity contribution in [1.82, 2.24) is 9.55 Å². The Morgan fingerprint density at radius 3 is 2.94 bits per heavy atom. The standard InChI is InChI=1S/C14H18FN3/c1-2-18-13-7-10(15)5-6-12(13)17-14(18)8-11(16)9-3-4-9/h5-7,9,11H,2-4,8,16H2,1H3. The molecule has 1 aliphatic carbocycles. The molecule has 0 aliphatic heterocycles. The highest BCUT2D eigenvalue weighted by molar-refractivity contribution is 5.76. The number of imidazole rings is 1. The lowest BCUT2D eigenvalue weighted by Gasteiger charge is -2.11. The van der Waals surface area contributed by atoms with Crippen LogP contribution in [-0.2, 0) is 13.0 Å². The first-order valence-electron chi connectivity index (χ1n) is 6.59. The lowest BCUT2D eigenvalue weighted by Crippen LogP contribution is -2.26. The first kappa shape index (κ1) is 11.7. The average Bonchev–Trinajstić information content (AvgIpc) is 3.13. The van der Waals surface area contributed by atoms with Gasteiger partial charge in [-0.25, -0.2) is 9.37 Å². The van der Waals surface area contributed by atoms with Crippen molar-refractivity contribution >= 4 is 11.0 Å². The van der Waals surface area contributed by atoms with Crippen molar-refractivity contribution in [1.29, 1.82) is 0 Å². The average molecular weight is 247 g/mol. The molecule has 2 aromatic rings. The van der Waals surface area contributed by atoms with Crippen LogP contribution >= 0.6 is 0 Å². The van der Waals surface area contributed by atoms with Crippen molar-refractivity contribution in [3.63, 3.8) is 0 Å². The van der Waals surface area contributed by atoms with Gasteiger partial charge in [-0.1, -0.05) is 0 Å². The third-order valence-electron chi connectivity index (χ3n) is 3.75. The summed E-state index contributed by atoms with van der Waals surface area (Å²) in [5, 5.41) is 0. The second kappa shape index (κ2) is 4.35. The SMILES string of the molecule is CCn1c(CC(N)C2CC2)nc2ccc(F)cc21. The number of rotatable bonds is 4. The van der Waals surface area contributed by atoms with Gasteiger partial charge in [0, 0.05) is 19.0 Å². The van der Waals surface area contributed by atoms with E-state index in [1.54, 1.807) is 12.1 Å². The van der Waals surface area contributed by atoms with Crippen LogP contribution in [0.4, 0.5) is 4.39 Å². The summed E-state index contributed by atoms with van der Waals surface area (Å²) in [6, 6.07) is 4.94. The van der Waals surface area contributed by atoms with Crippen LogP contribution in [0.15, 0.2) is 18.2 Å². The van der Waals surface area contributed by atoms with E-state index in [2.05, 4.69) is 16.5 Å². The topological polar surface area (TPSA) is 43.8 Å². The highest BCUT2D eigenvalue weighted by Gasteiger charge is 2.29. The first-order valence-corrected chi connectivity index (χ1v) is 6.59. The normalized spacial score (nSPS) is 17.3.